The van der Waals surface area contributed by atoms with Crippen LogP contribution >= 0.6 is 15.9 Å². The van der Waals surface area contributed by atoms with Crippen LogP contribution < -0.4 is 10.6 Å². The summed E-state index contributed by atoms with van der Waals surface area (Å²) in [7, 11) is 0. The number of aromatic nitrogens is 5. The van der Waals surface area contributed by atoms with Gasteiger partial charge >= 0.3 is 0 Å². The Labute approximate surface area is 348 Å². The molecular weight excluding hydrogens is 820 g/mol. The summed E-state index contributed by atoms with van der Waals surface area (Å²) in [6.45, 7) is 0. The van der Waals surface area contributed by atoms with E-state index in [1.807, 2.05) is 12.3 Å². The number of Topliss-reactive ketones (excluding diaryl/α,β-unsaturated/α-hetero) is 2. The van der Waals surface area contributed by atoms with Gasteiger partial charge in [0.2, 0.25) is 5.91 Å². The zero-order valence-electron chi connectivity index (χ0n) is 31.6. The normalized spacial score (nSPS) is 19.9. The number of alkyl halides is 1. The van der Waals surface area contributed by atoms with E-state index in [0.717, 1.165) is 104 Å². The van der Waals surface area contributed by atoms with Crippen molar-refractivity contribution in [3.63, 3.8) is 0 Å². The van der Waals surface area contributed by atoms with Gasteiger partial charge in [-0.3, -0.25) is 19.2 Å². The van der Waals surface area contributed by atoms with Gasteiger partial charge in [0.25, 0.3) is 5.91 Å². The second-order valence-electron chi connectivity index (χ2n) is 16.2. The summed E-state index contributed by atoms with van der Waals surface area (Å²) in [5.41, 5.74) is 8.09. The third-order valence-corrected chi connectivity index (χ3v) is 13.1. The first-order chi connectivity index (χ1) is 28.0. The van der Waals surface area contributed by atoms with Gasteiger partial charge in [0.15, 0.2) is 17.4 Å². The fraction of sp³-hybridized carbons (Fsp3) is 0.378. The Kier molecular flexibility index (Phi) is 10.9. The molecule has 6 aliphatic rings. The number of carbonyl (C=O) groups excluding carboxylic acids is 4. The van der Waals surface area contributed by atoms with Gasteiger partial charge in [-0.15, -0.1) is 0 Å². The Hall–Kier alpha value is -5.50. The molecule has 3 N–H and O–H groups in total. The van der Waals surface area contributed by atoms with Crippen molar-refractivity contribution >= 4 is 39.3 Å². The van der Waals surface area contributed by atoms with Crippen molar-refractivity contribution in [1.29, 1.82) is 0 Å². The van der Waals surface area contributed by atoms with Gasteiger partial charge in [0.1, 0.15) is 23.1 Å². The van der Waals surface area contributed by atoms with Crippen molar-refractivity contribution in [3.05, 3.63) is 106 Å². The molecule has 2 saturated carbocycles. The second kappa shape index (κ2) is 15.9. The van der Waals surface area contributed by atoms with Gasteiger partial charge in [-0.1, -0.05) is 47.6 Å². The molecule has 11 nitrogen and oxygen atoms in total. The Morgan fingerprint density at radius 1 is 0.729 bits per heavy atom. The second-order valence-corrected chi connectivity index (χ2v) is 17.3. The van der Waals surface area contributed by atoms with Gasteiger partial charge < -0.3 is 15.6 Å². The smallest absolute Gasteiger partial charge is 0.253 e. The summed E-state index contributed by atoms with van der Waals surface area (Å²) in [6, 6.07) is 12.4. The molecule has 304 valence electrons. The zero-order valence-corrected chi connectivity index (χ0v) is 33.2. The van der Waals surface area contributed by atoms with Crippen molar-refractivity contribution in [3.8, 4) is 34.2 Å². The molecular formula is C45H44BrF2N7O4. The summed E-state index contributed by atoms with van der Waals surface area (Å²) < 4.78 is 26.8. The van der Waals surface area contributed by atoms with Crippen molar-refractivity contribution in [1.82, 2.24) is 35.6 Å². The minimum Gasteiger partial charge on any atom is -0.356 e. The lowest BCUT2D eigenvalue weighted by atomic mass is 9.71. The average molecular weight is 865 g/mol. The maximum atomic E-state index is 13.6. The van der Waals surface area contributed by atoms with Crippen LogP contribution in [0.3, 0.4) is 0 Å². The highest BCUT2D eigenvalue weighted by Gasteiger charge is 2.45. The Morgan fingerprint density at radius 3 is 1.90 bits per heavy atom. The van der Waals surface area contributed by atoms with Gasteiger partial charge in [0.05, 0.1) is 28.2 Å². The minimum absolute atomic E-state index is 0. The van der Waals surface area contributed by atoms with Crippen molar-refractivity contribution < 1.29 is 28.0 Å². The molecule has 59 heavy (non-hydrogen) atoms. The predicted molar refractivity (Wildman–Crippen MR) is 221 cm³/mol. The number of piperidine rings is 1. The van der Waals surface area contributed by atoms with E-state index in [1.54, 1.807) is 24.4 Å². The number of aromatic amines is 1. The van der Waals surface area contributed by atoms with Gasteiger partial charge in [0, 0.05) is 53.1 Å². The van der Waals surface area contributed by atoms with Crippen molar-refractivity contribution in [2.45, 2.75) is 107 Å². The number of H-pyrrole nitrogens is 1. The minimum atomic E-state index is -0.344. The summed E-state index contributed by atoms with van der Waals surface area (Å²) in [5, 5.41) is 6.16. The van der Waals surface area contributed by atoms with Gasteiger partial charge in [-0.25, -0.2) is 28.7 Å². The van der Waals surface area contributed by atoms with E-state index in [9.17, 15) is 28.0 Å². The van der Waals surface area contributed by atoms with E-state index in [0.29, 0.717) is 34.9 Å². The third kappa shape index (κ3) is 7.86. The monoisotopic (exact) mass is 863 g/mol. The summed E-state index contributed by atoms with van der Waals surface area (Å²) in [5.74, 6) is 0.268. The molecule has 11 rings (SSSR count). The van der Waals surface area contributed by atoms with E-state index in [2.05, 4.69) is 46.5 Å². The number of hydrogen-bond acceptors (Lipinski definition) is 8. The van der Waals surface area contributed by atoms with Crippen LogP contribution in [0.2, 0.25) is 0 Å². The lowest BCUT2D eigenvalue weighted by Gasteiger charge is -2.45. The van der Waals surface area contributed by atoms with Gasteiger partial charge in [-0.05, 0) is 105 Å². The van der Waals surface area contributed by atoms with Crippen LogP contribution in [-0.2, 0) is 35.3 Å². The summed E-state index contributed by atoms with van der Waals surface area (Å²) >= 11 is 3.35. The number of rotatable bonds is 2. The van der Waals surface area contributed by atoms with Crippen LogP contribution in [0.1, 0.15) is 108 Å². The van der Waals surface area contributed by atoms with Crippen molar-refractivity contribution in [2.24, 2.45) is 0 Å². The molecule has 3 fully saturated rings. The number of fused-ring (bicyclic) bond motifs is 6. The summed E-state index contributed by atoms with van der Waals surface area (Å²) in [4.78, 5) is 68.0. The van der Waals surface area contributed by atoms with Crippen LogP contribution in [0, 0.1) is 11.6 Å². The number of nitrogens with one attached hydrogen (secondary N) is 3. The van der Waals surface area contributed by atoms with E-state index in [1.165, 1.54) is 30.7 Å². The van der Waals surface area contributed by atoms with E-state index in [4.69, 9.17) is 4.98 Å². The number of halogens is 3. The maximum Gasteiger partial charge on any atom is 0.253 e. The fourth-order valence-electron chi connectivity index (χ4n) is 8.92. The van der Waals surface area contributed by atoms with Crippen LogP contribution in [0.5, 0.6) is 0 Å². The summed E-state index contributed by atoms with van der Waals surface area (Å²) in [6.07, 6.45) is 14.6. The van der Waals surface area contributed by atoms with Crippen LogP contribution in [-0.4, -0.2) is 64.2 Å². The Bertz CT molecular complexity index is 2500. The molecule has 2 aliphatic heterocycles. The first-order valence-electron chi connectivity index (χ1n) is 19.8. The maximum absolute atomic E-state index is 13.6. The largest absolute Gasteiger partial charge is 0.356 e. The van der Waals surface area contributed by atoms with Crippen LogP contribution in [0.25, 0.3) is 34.2 Å². The molecule has 0 radical (unpaired) electrons. The molecule has 14 heteroatoms. The highest BCUT2D eigenvalue weighted by Crippen LogP contribution is 2.43. The van der Waals surface area contributed by atoms with Gasteiger partial charge in [-0.2, -0.15) is 0 Å². The number of hydrogen-bond donors (Lipinski definition) is 3. The molecule has 1 saturated heterocycles. The van der Waals surface area contributed by atoms with E-state index >= 15 is 0 Å². The first kappa shape index (κ1) is 40.3. The molecule has 2 spiro atoms. The number of amides is 2. The zero-order chi connectivity index (χ0) is 40.2. The average Bonchev–Trinajstić information content (AvgIpc) is 3.58. The Balaban J connectivity index is 0.000000135. The third-order valence-electron chi connectivity index (χ3n) is 12.2. The molecule has 0 bridgehead atoms. The SMILES string of the molecule is C.O=C1CC(=O)NC2(CCC2)C1.O=C1NC2(CCC2)Cc2[nH]c3c(c21)CCc1cnc(-c2cccc(F)c2)nc1-3.O=C1c2nc(-c3cccc(F)c3)ncc2CCC1Br. The molecule has 5 aromatic rings. The molecule has 3 aromatic heterocycles. The van der Waals surface area contributed by atoms with Crippen molar-refractivity contribution in [2.75, 3.05) is 0 Å². The highest BCUT2D eigenvalue weighted by molar-refractivity contribution is 9.10. The lowest BCUT2D eigenvalue weighted by Crippen LogP contribution is -2.58. The lowest BCUT2D eigenvalue weighted by molar-refractivity contribution is -0.136. The quantitative estimate of drug-likeness (QED) is 0.120. The number of carbonyl (C=O) groups is 4. The molecule has 1 atom stereocenters. The standard InChI is InChI=1S/C22H19FN4O.C14H10BrFN2O.C8H11NO2.CH4/c23-14-4-1-3-12(9-14)20-24-11-13-5-6-15-17-16(25-19(15)18(13)26-20)10-22(7-2-8-22)27-21(17)28;15-11-5-4-9-7-17-14(18-12(9)13(11)19)8-2-1-3-10(16)6-8;10-6-4-7(11)9-8(5-6)2-1-3-8;/h1,3-4,9,11,25H,2,5-8,10H2,(H,27,28);1-3,6-7,11H,4-5H2;1-5H2,(H,9,11);1H4. The van der Waals surface area contributed by atoms with E-state index in [-0.39, 0.29) is 64.8 Å². The number of aryl methyl sites for hydroxylation is 2. The molecule has 2 aromatic carbocycles. The molecule has 1 unspecified atom stereocenters. The first-order valence-corrected chi connectivity index (χ1v) is 20.7. The highest BCUT2D eigenvalue weighted by atomic mass is 79.9. The topological polar surface area (TPSA) is 160 Å². The van der Waals surface area contributed by atoms with Crippen LogP contribution in [0.15, 0.2) is 60.9 Å². The Morgan fingerprint density at radius 2 is 1.32 bits per heavy atom. The number of ketones is 2. The van der Waals surface area contributed by atoms with E-state index < -0.39 is 0 Å². The molecule has 2 amide bonds. The van der Waals surface area contributed by atoms with Crippen LogP contribution in [0.4, 0.5) is 8.78 Å². The predicted octanol–water partition coefficient (Wildman–Crippen LogP) is 7.78. The molecule has 5 heterocycles. The number of benzene rings is 2. The fourth-order valence-corrected chi connectivity index (χ4v) is 9.36. The number of nitrogens with zero attached hydrogens (tertiary/aromatic N) is 4. The molecule has 4 aliphatic carbocycles.